The molecule has 1 atom stereocenters. The van der Waals surface area contributed by atoms with E-state index in [9.17, 15) is 0 Å². The van der Waals surface area contributed by atoms with Crippen molar-refractivity contribution in [3.8, 4) is 0 Å². The van der Waals surface area contributed by atoms with Gasteiger partial charge in [0.1, 0.15) is 0 Å². The molecular weight excluding hydrogens is 190 g/mol. The molecule has 0 aromatic carbocycles. The standard InChI is InChI=1S/C11H17N3O/c1-2-11(15-7-1)3-4-12-8-10-9-13-5-6-14-10/h5-6,9,11-12H,1-4,7-8H2. The molecule has 1 aliphatic heterocycles. The van der Waals surface area contributed by atoms with E-state index < -0.39 is 0 Å². The summed E-state index contributed by atoms with van der Waals surface area (Å²) in [5.74, 6) is 0. The molecule has 2 rings (SSSR count). The van der Waals surface area contributed by atoms with Crippen molar-refractivity contribution in [2.75, 3.05) is 13.2 Å². The lowest BCUT2D eigenvalue weighted by Gasteiger charge is -2.09. The van der Waals surface area contributed by atoms with Crippen LogP contribution in [0.3, 0.4) is 0 Å². The lowest BCUT2D eigenvalue weighted by Crippen LogP contribution is -2.20. The van der Waals surface area contributed by atoms with Crippen molar-refractivity contribution in [3.05, 3.63) is 24.3 Å². The van der Waals surface area contributed by atoms with Gasteiger partial charge in [0.25, 0.3) is 0 Å². The Labute approximate surface area is 90.1 Å². The van der Waals surface area contributed by atoms with Crippen molar-refractivity contribution < 1.29 is 4.74 Å². The quantitative estimate of drug-likeness (QED) is 0.735. The van der Waals surface area contributed by atoms with Crippen LogP contribution in [0.2, 0.25) is 0 Å². The van der Waals surface area contributed by atoms with E-state index in [0.717, 1.165) is 31.8 Å². The van der Waals surface area contributed by atoms with E-state index in [1.165, 1.54) is 12.8 Å². The second-order valence-electron chi connectivity index (χ2n) is 3.80. The van der Waals surface area contributed by atoms with Crippen LogP contribution in [-0.2, 0) is 11.3 Å². The molecule has 0 spiro atoms. The Morgan fingerprint density at radius 1 is 1.47 bits per heavy atom. The third kappa shape index (κ3) is 3.57. The molecule has 0 radical (unpaired) electrons. The van der Waals surface area contributed by atoms with Gasteiger partial charge >= 0.3 is 0 Å². The third-order valence-corrected chi connectivity index (χ3v) is 2.59. The Morgan fingerprint density at radius 3 is 3.20 bits per heavy atom. The fourth-order valence-electron chi connectivity index (χ4n) is 1.77. The van der Waals surface area contributed by atoms with E-state index in [0.29, 0.717) is 6.10 Å². The van der Waals surface area contributed by atoms with Crippen LogP contribution in [0.25, 0.3) is 0 Å². The minimum absolute atomic E-state index is 0.472. The van der Waals surface area contributed by atoms with Crippen LogP contribution in [0.5, 0.6) is 0 Å². The summed E-state index contributed by atoms with van der Waals surface area (Å²) in [4.78, 5) is 8.21. The number of rotatable bonds is 5. The number of hydrogen-bond acceptors (Lipinski definition) is 4. The number of nitrogens with zero attached hydrogens (tertiary/aromatic N) is 2. The van der Waals surface area contributed by atoms with E-state index in [1.54, 1.807) is 18.6 Å². The highest BCUT2D eigenvalue weighted by Crippen LogP contribution is 2.14. The highest BCUT2D eigenvalue weighted by atomic mass is 16.5. The Balaban J connectivity index is 1.59. The van der Waals surface area contributed by atoms with Crippen molar-refractivity contribution in [1.82, 2.24) is 15.3 Å². The Hall–Kier alpha value is -1.00. The maximum absolute atomic E-state index is 5.54. The van der Waals surface area contributed by atoms with Crippen molar-refractivity contribution in [2.45, 2.75) is 31.9 Å². The summed E-state index contributed by atoms with van der Waals surface area (Å²) in [6.45, 7) is 2.72. The molecule has 4 nitrogen and oxygen atoms in total. The number of hydrogen-bond donors (Lipinski definition) is 1. The van der Waals surface area contributed by atoms with Crippen molar-refractivity contribution in [2.24, 2.45) is 0 Å². The summed E-state index contributed by atoms with van der Waals surface area (Å²) in [5, 5.41) is 3.35. The van der Waals surface area contributed by atoms with Gasteiger partial charge in [-0.3, -0.25) is 9.97 Å². The molecular formula is C11H17N3O. The van der Waals surface area contributed by atoms with Gasteiger partial charge in [-0.2, -0.15) is 0 Å². The first-order chi connectivity index (χ1) is 7.45. The van der Waals surface area contributed by atoms with E-state index in [2.05, 4.69) is 15.3 Å². The fraction of sp³-hybridized carbons (Fsp3) is 0.636. The predicted molar refractivity (Wildman–Crippen MR) is 57.3 cm³/mol. The molecule has 1 unspecified atom stereocenters. The number of ether oxygens (including phenoxy) is 1. The molecule has 1 fully saturated rings. The first-order valence-corrected chi connectivity index (χ1v) is 5.52. The van der Waals surface area contributed by atoms with Gasteiger partial charge in [0.15, 0.2) is 0 Å². The minimum Gasteiger partial charge on any atom is -0.378 e. The average Bonchev–Trinajstić information content (AvgIpc) is 2.79. The van der Waals surface area contributed by atoms with E-state index in [4.69, 9.17) is 4.74 Å². The molecule has 1 aliphatic rings. The molecule has 1 aromatic rings. The van der Waals surface area contributed by atoms with Crippen LogP contribution in [0.15, 0.2) is 18.6 Å². The predicted octanol–water partition coefficient (Wildman–Crippen LogP) is 1.14. The largest absolute Gasteiger partial charge is 0.378 e. The van der Waals surface area contributed by atoms with Gasteiger partial charge in [-0.05, 0) is 25.8 Å². The summed E-state index contributed by atoms with van der Waals surface area (Å²) < 4.78 is 5.54. The zero-order valence-electron chi connectivity index (χ0n) is 8.85. The lowest BCUT2D eigenvalue weighted by atomic mass is 10.2. The Kier molecular flexibility index (Phi) is 4.05. The Bertz CT molecular complexity index is 272. The highest BCUT2D eigenvalue weighted by molar-refractivity contribution is 4.93. The molecule has 0 aliphatic carbocycles. The van der Waals surface area contributed by atoms with Gasteiger partial charge in [0, 0.05) is 31.7 Å². The highest BCUT2D eigenvalue weighted by Gasteiger charge is 2.14. The molecule has 1 saturated heterocycles. The van der Waals surface area contributed by atoms with Crippen LogP contribution in [0.1, 0.15) is 25.0 Å². The smallest absolute Gasteiger partial charge is 0.0724 e. The number of nitrogens with one attached hydrogen (secondary N) is 1. The molecule has 82 valence electrons. The maximum Gasteiger partial charge on any atom is 0.0724 e. The zero-order valence-corrected chi connectivity index (χ0v) is 8.85. The molecule has 0 amide bonds. The van der Waals surface area contributed by atoms with Gasteiger partial charge < -0.3 is 10.1 Å². The second kappa shape index (κ2) is 5.78. The molecule has 1 aromatic heterocycles. The monoisotopic (exact) mass is 207 g/mol. The Morgan fingerprint density at radius 2 is 2.47 bits per heavy atom. The van der Waals surface area contributed by atoms with E-state index in [1.807, 2.05) is 0 Å². The first kappa shape index (κ1) is 10.5. The topological polar surface area (TPSA) is 47.0 Å². The van der Waals surface area contributed by atoms with Crippen LogP contribution in [0.4, 0.5) is 0 Å². The number of aromatic nitrogens is 2. The van der Waals surface area contributed by atoms with Gasteiger partial charge in [-0.15, -0.1) is 0 Å². The SMILES string of the molecule is c1cnc(CNCCC2CCCO2)cn1. The van der Waals surface area contributed by atoms with Gasteiger partial charge in [-0.25, -0.2) is 0 Å². The van der Waals surface area contributed by atoms with Gasteiger partial charge in [0.2, 0.25) is 0 Å². The van der Waals surface area contributed by atoms with Crippen molar-refractivity contribution in [3.63, 3.8) is 0 Å². The average molecular weight is 207 g/mol. The van der Waals surface area contributed by atoms with Crippen LogP contribution >= 0.6 is 0 Å². The van der Waals surface area contributed by atoms with Gasteiger partial charge in [-0.1, -0.05) is 0 Å². The van der Waals surface area contributed by atoms with Gasteiger partial charge in [0.05, 0.1) is 11.8 Å². The van der Waals surface area contributed by atoms with Crippen LogP contribution in [0, 0.1) is 0 Å². The summed E-state index contributed by atoms with van der Waals surface area (Å²) in [5.41, 5.74) is 0.991. The molecule has 2 heterocycles. The summed E-state index contributed by atoms with van der Waals surface area (Å²) in [6.07, 6.45) is 9.20. The third-order valence-electron chi connectivity index (χ3n) is 2.59. The van der Waals surface area contributed by atoms with Crippen LogP contribution < -0.4 is 5.32 Å². The van der Waals surface area contributed by atoms with E-state index >= 15 is 0 Å². The zero-order chi connectivity index (χ0) is 10.3. The molecule has 0 bridgehead atoms. The normalized spacial score (nSPS) is 20.7. The second-order valence-corrected chi connectivity index (χ2v) is 3.80. The lowest BCUT2D eigenvalue weighted by molar-refractivity contribution is 0.104. The van der Waals surface area contributed by atoms with Crippen LogP contribution in [-0.4, -0.2) is 29.2 Å². The summed E-state index contributed by atoms with van der Waals surface area (Å²) >= 11 is 0. The fourth-order valence-corrected chi connectivity index (χ4v) is 1.77. The molecule has 1 N–H and O–H groups in total. The molecule has 0 saturated carbocycles. The summed E-state index contributed by atoms with van der Waals surface area (Å²) in [6, 6.07) is 0. The molecule has 4 heteroatoms. The van der Waals surface area contributed by atoms with E-state index in [-0.39, 0.29) is 0 Å². The van der Waals surface area contributed by atoms with Crippen molar-refractivity contribution >= 4 is 0 Å². The maximum atomic E-state index is 5.54. The summed E-state index contributed by atoms with van der Waals surface area (Å²) in [7, 11) is 0. The van der Waals surface area contributed by atoms with Crippen molar-refractivity contribution in [1.29, 1.82) is 0 Å². The minimum atomic E-state index is 0.472. The molecule has 15 heavy (non-hydrogen) atoms. The first-order valence-electron chi connectivity index (χ1n) is 5.52.